The zero-order valence-electron chi connectivity index (χ0n) is 15.6. The van der Waals surface area contributed by atoms with Crippen molar-refractivity contribution in [2.24, 2.45) is 7.05 Å². The number of aromatic nitrogens is 1. The quantitative estimate of drug-likeness (QED) is 0.640. The van der Waals surface area contributed by atoms with E-state index < -0.39 is 11.9 Å². The highest BCUT2D eigenvalue weighted by atomic mass is 35.5. The van der Waals surface area contributed by atoms with E-state index in [1.165, 1.54) is 12.1 Å². The van der Waals surface area contributed by atoms with Gasteiger partial charge in [-0.1, -0.05) is 23.2 Å². The Labute approximate surface area is 177 Å². The van der Waals surface area contributed by atoms with Crippen molar-refractivity contribution in [3.8, 4) is 0 Å². The molecule has 1 aliphatic rings. The second kappa shape index (κ2) is 7.69. The predicted octanol–water partition coefficient (Wildman–Crippen LogP) is 4.87. The zero-order valence-corrected chi connectivity index (χ0v) is 17.1. The molecule has 29 heavy (non-hydrogen) atoms. The first-order valence-corrected chi connectivity index (χ1v) is 9.92. The van der Waals surface area contributed by atoms with Crippen molar-refractivity contribution in [2.75, 3.05) is 11.9 Å². The van der Waals surface area contributed by atoms with Crippen molar-refractivity contribution in [2.45, 2.75) is 18.9 Å². The molecule has 0 spiro atoms. The van der Waals surface area contributed by atoms with Crippen molar-refractivity contribution < 1.29 is 14.0 Å². The zero-order chi connectivity index (χ0) is 20.7. The molecule has 0 saturated carbocycles. The van der Waals surface area contributed by atoms with Crippen LogP contribution in [0.2, 0.25) is 10.0 Å². The first-order valence-electron chi connectivity index (χ1n) is 9.16. The van der Waals surface area contributed by atoms with Gasteiger partial charge in [-0.05, 0) is 49.2 Å². The number of rotatable bonds is 3. The molecule has 150 valence electrons. The minimum absolute atomic E-state index is 0.291. The predicted molar refractivity (Wildman–Crippen MR) is 112 cm³/mol. The molecule has 4 rings (SSSR count). The maximum Gasteiger partial charge on any atom is 0.256 e. The average Bonchev–Trinajstić information content (AvgIpc) is 3.28. The molecule has 2 amide bonds. The van der Waals surface area contributed by atoms with Gasteiger partial charge in [0.2, 0.25) is 5.91 Å². The molecule has 1 atom stereocenters. The molecule has 5 nitrogen and oxygen atoms in total. The third-order valence-corrected chi connectivity index (χ3v) is 5.74. The van der Waals surface area contributed by atoms with E-state index >= 15 is 0 Å². The number of hydrogen-bond donors (Lipinski definition) is 1. The van der Waals surface area contributed by atoms with Gasteiger partial charge in [-0.2, -0.15) is 0 Å². The molecular formula is C21H18Cl2FN3O2. The lowest BCUT2D eigenvalue weighted by Gasteiger charge is -2.24. The molecule has 2 heterocycles. The molecule has 0 bridgehead atoms. The standard InChI is InChI=1S/C21H18Cl2FN3O2/c1-26-11-15(14-10-13(24)5-7-18(14)26)21(29)27-8-2-3-19(27)20(28)25-17-6-4-12(22)9-16(17)23/h4-7,9-11,19H,2-3,8H2,1H3,(H,25,28). The second-order valence-electron chi connectivity index (χ2n) is 7.09. The molecule has 1 aromatic heterocycles. The van der Waals surface area contributed by atoms with Gasteiger partial charge < -0.3 is 14.8 Å². The number of fused-ring (bicyclic) bond motifs is 1. The molecule has 1 aliphatic heterocycles. The van der Waals surface area contributed by atoms with Crippen LogP contribution in [-0.2, 0) is 11.8 Å². The van der Waals surface area contributed by atoms with Crippen LogP contribution in [0.3, 0.4) is 0 Å². The normalized spacial score (nSPS) is 16.4. The summed E-state index contributed by atoms with van der Waals surface area (Å²) in [6.45, 7) is 0.455. The smallest absolute Gasteiger partial charge is 0.256 e. The van der Waals surface area contributed by atoms with Crippen LogP contribution >= 0.6 is 23.2 Å². The minimum Gasteiger partial charge on any atom is -0.350 e. The Hall–Kier alpha value is -2.57. The molecule has 1 N–H and O–H groups in total. The Morgan fingerprint density at radius 1 is 1.17 bits per heavy atom. The number of halogens is 3. The number of hydrogen-bond acceptors (Lipinski definition) is 2. The highest BCUT2D eigenvalue weighted by molar-refractivity contribution is 6.36. The van der Waals surface area contributed by atoms with E-state index in [0.29, 0.717) is 46.1 Å². The Bertz CT molecular complexity index is 1130. The fourth-order valence-corrected chi connectivity index (χ4v) is 4.23. The number of nitrogens with one attached hydrogen (secondary N) is 1. The van der Waals surface area contributed by atoms with Gasteiger partial charge in [0, 0.05) is 35.7 Å². The molecule has 1 saturated heterocycles. The van der Waals surface area contributed by atoms with Gasteiger partial charge in [0.1, 0.15) is 11.9 Å². The Morgan fingerprint density at radius 3 is 2.72 bits per heavy atom. The summed E-state index contributed by atoms with van der Waals surface area (Å²) < 4.78 is 15.5. The van der Waals surface area contributed by atoms with Crippen molar-refractivity contribution in [3.05, 3.63) is 64.0 Å². The van der Waals surface area contributed by atoms with Crippen LogP contribution in [0.15, 0.2) is 42.6 Å². The highest BCUT2D eigenvalue weighted by Gasteiger charge is 2.35. The average molecular weight is 434 g/mol. The van der Waals surface area contributed by atoms with Crippen LogP contribution in [0.5, 0.6) is 0 Å². The van der Waals surface area contributed by atoms with Crippen molar-refractivity contribution in [1.82, 2.24) is 9.47 Å². The second-order valence-corrected chi connectivity index (χ2v) is 7.93. The number of carbonyl (C=O) groups excluding carboxylic acids is 2. The number of aryl methyl sites for hydroxylation is 1. The Kier molecular flexibility index (Phi) is 5.23. The molecule has 1 unspecified atom stereocenters. The minimum atomic E-state index is -0.627. The lowest BCUT2D eigenvalue weighted by atomic mass is 10.1. The van der Waals surface area contributed by atoms with Crippen LogP contribution in [0, 0.1) is 5.82 Å². The van der Waals surface area contributed by atoms with Gasteiger partial charge in [0.05, 0.1) is 16.3 Å². The van der Waals surface area contributed by atoms with Crippen LogP contribution in [0.1, 0.15) is 23.2 Å². The summed E-state index contributed by atoms with van der Waals surface area (Å²) in [5.74, 6) is -1.02. The number of likely N-dealkylation sites (tertiary alicyclic amines) is 1. The van der Waals surface area contributed by atoms with Gasteiger partial charge in [-0.25, -0.2) is 4.39 Å². The molecule has 2 aromatic carbocycles. The summed E-state index contributed by atoms with van der Waals surface area (Å²) in [6.07, 6.45) is 2.93. The van der Waals surface area contributed by atoms with E-state index in [4.69, 9.17) is 23.2 Å². The number of carbonyl (C=O) groups is 2. The van der Waals surface area contributed by atoms with E-state index in [0.717, 1.165) is 5.52 Å². The van der Waals surface area contributed by atoms with E-state index in [2.05, 4.69) is 5.32 Å². The van der Waals surface area contributed by atoms with Gasteiger partial charge in [0.15, 0.2) is 0 Å². The molecular weight excluding hydrogens is 416 g/mol. The highest BCUT2D eigenvalue weighted by Crippen LogP contribution is 2.29. The van der Waals surface area contributed by atoms with E-state index in [1.54, 1.807) is 47.0 Å². The summed E-state index contributed by atoms with van der Waals surface area (Å²) in [6, 6.07) is 8.51. The number of benzene rings is 2. The number of amides is 2. The van der Waals surface area contributed by atoms with E-state index in [-0.39, 0.29) is 11.8 Å². The Balaban J connectivity index is 1.60. The lowest BCUT2D eigenvalue weighted by Crippen LogP contribution is -2.43. The third kappa shape index (κ3) is 3.70. The molecule has 0 aliphatic carbocycles. The fraction of sp³-hybridized carbons (Fsp3) is 0.238. The Morgan fingerprint density at radius 2 is 1.97 bits per heavy atom. The summed E-state index contributed by atoms with van der Waals surface area (Å²) in [5.41, 5.74) is 1.57. The van der Waals surface area contributed by atoms with Crippen LogP contribution in [-0.4, -0.2) is 33.9 Å². The third-order valence-electron chi connectivity index (χ3n) is 5.19. The monoisotopic (exact) mass is 433 g/mol. The summed E-state index contributed by atoms with van der Waals surface area (Å²) in [7, 11) is 1.80. The van der Waals surface area contributed by atoms with Crippen LogP contribution < -0.4 is 5.32 Å². The maximum absolute atomic E-state index is 13.8. The van der Waals surface area contributed by atoms with Crippen LogP contribution in [0.4, 0.5) is 10.1 Å². The fourth-order valence-electron chi connectivity index (χ4n) is 3.78. The summed E-state index contributed by atoms with van der Waals surface area (Å²) in [4.78, 5) is 27.6. The number of nitrogens with zero attached hydrogens (tertiary/aromatic N) is 2. The number of anilines is 1. The molecule has 8 heteroatoms. The maximum atomic E-state index is 13.8. The molecule has 3 aromatic rings. The van der Waals surface area contributed by atoms with E-state index in [9.17, 15) is 14.0 Å². The van der Waals surface area contributed by atoms with E-state index in [1.807, 2.05) is 0 Å². The lowest BCUT2D eigenvalue weighted by molar-refractivity contribution is -0.119. The SMILES string of the molecule is Cn1cc(C(=O)N2CCCC2C(=O)Nc2ccc(Cl)cc2Cl)c2cc(F)ccc21. The summed E-state index contributed by atoms with van der Waals surface area (Å²) >= 11 is 12.0. The first kappa shape index (κ1) is 19.7. The van der Waals surface area contributed by atoms with Gasteiger partial charge >= 0.3 is 0 Å². The van der Waals surface area contributed by atoms with Crippen LogP contribution in [0.25, 0.3) is 10.9 Å². The van der Waals surface area contributed by atoms with Gasteiger partial charge in [0.25, 0.3) is 5.91 Å². The van der Waals surface area contributed by atoms with Gasteiger partial charge in [-0.15, -0.1) is 0 Å². The van der Waals surface area contributed by atoms with Crippen molar-refractivity contribution >= 4 is 51.6 Å². The summed E-state index contributed by atoms with van der Waals surface area (Å²) in [5, 5.41) is 4.10. The topological polar surface area (TPSA) is 54.3 Å². The largest absolute Gasteiger partial charge is 0.350 e. The van der Waals surface area contributed by atoms with Crippen molar-refractivity contribution in [3.63, 3.8) is 0 Å². The van der Waals surface area contributed by atoms with Gasteiger partial charge in [-0.3, -0.25) is 9.59 Å². The van der Waals surface area contributed by atoms with Crippen molar-refractivity contribution in [1.29, 1.82) is 0 Å². The first-order chi connectivity index (χ1) is 13.8. The molecule has 0 radical (unpaired) electrons. The molecule has 1 fully saturated rings.